The van der Waals surface area contributed by atoms with E-state index in [4.69, 9.17) is 4.74 Å². The summed E-state index contributed by atoms with van der Waals surface area (Å²) in [6.07, 6.45) is 0. The maximum Gasteiger partial charge on any atom is 0.261 e. The average molecular weight is 348 g/mol. The van der Waals surface area contributed by atoms with E-state index in [-0.39, 0.29) is 28.1 Å². The van der Waals surface area contributed by atoms with Crippen molar-refractivity contribution in [1.82, 2.24) is 5.32 Å². The Hall–Kier alpha value is -2.38. The first-order valence-electron chi connectivity index (χ1n) is 7.40. The average Bonchev–Trinajstić information content (AvgIpc) is 2.56. The molecule has 0 radical (unpaired) electrons. The van der Waals surface area contributed by atoms with Crippen molar-refractivity contribution in [3.8, 4) is 0 Å². The maximum atomic E-state index is 12.4. The van der Waals surface area contributed by atoms with Crippen LogP contribution >= 0.6 is 0 Å². The van der Waals surface area contributed by atoms with Crippen LogP contribution in [0.15, 0.2) is 59.5 Å². The lowest BCUT2D eigenvalue weighted by Crippen LogP contribution is -2.36. The van der Waals surface area contributed by atoms with Crippen LogP contribution in [-0.4, -0.2) is 34.1 Å². The molecular formula is C17H20N2O4S. The molecule has 1 amide bonds. The molecule has 2 aromatic carbocycles. The molecule has 2 aromatic rings. The van der Waals surface area contributed by atoms with Crippen molar-refractivity contribution in [2.75, 3.05) is 18.4 Å². The number of hydrogen-bond donors (Lipinski definition) is 2. The molecule has 128 valence electrons. The summed E-state index contributed by atoms with van der Waals surface area (Å²) in [4.78, 5) is 12.5. The van der Waals surface area contributed by atoms with Crippen LogP contribution in [0.4, 0.5) is 5.69 Å². The minimum absolute atomic E-state index is 0.132. The van der Waals surface area contributed by atoms with Gasteiger partial charge in [0.1, 0.15) is 0 Å². The highest BCUT2D eigenvalue weighted by Gasteiger charge is 2.19. The van der Waals surface area contributed by atoms with Crippen LogP contribution in [0.25, 0.3) is 0 Å². The van der Waals surface area contributed by atoms with E-state index in [0.717, 1.165) is 0 Å². The molecule has 0 fully saturated rings. The van der Waals surface area contributed by atoms with Gasteiger partial charge in [-0.15, -0.1) is 0 Å². The lowest BCUT2D eigenvalue weighted by molar-refractivity contribution is 0.0906. The summed E-state index contributed by atoms with van der Waals surface area (Å²) < 4.78 is 32.3. The Balaban J connectivity index is 2.25. The van der Waals surface area contributed by atoms with Crippen LogP contribution in [0.2, 0.25) is 0 Å². The van der Waals surface area contributed by atoms with E-state index < -0.39 is 10.0 Å². The van der Waals surface area contributed by atoms with Crippen molar-refractivity contribution in [3.63, 3.8) is 0 Å². The standard InChI is InChI=1S/C17H20N2O4S/c1-13(12-23-2)18-17(20)15-10-6-7-11-16(15)19-24(21,22)14-8-4-3-5-9-14/h3-11,13,19H,12H2,1-2H3,(H,18,20)/t13-/m1/s1. The van der Waals surface area contributed by atoms with E-state index in [1.165, 1.54) is 12.1 Å². The van der Waals surface area contributed by atoms with E-state index in [9.17, 15) is 13.2 Å². The van der Waals surface area contributed by atoms with Gasteiger partial charge in [0.2, 0.25) is 0 Å². The Morgan fingerprint density at radius 3 is 2.38 bits per heavy atom. The fourth-order valence-corrected chi connectivity index (χ4v) is 3.27. The fourth-order valence-electron chi connectivity index (χ4n) is 2.17. The normalized spacial score (nSPS) is 12.4. The number of carbonyl (C=O) groups is 1. The van der Waals surface area contributed by atoms with Gasteiger partial charge in [-0.05, 0) is 31.2 Å². The summed E-state index contributed by atoms with van der Waals surface area (Å²) in [7, 11) is -2.22. The van der Waals surface area contributed by atoms with Gasteiger partial charge < -0.3 is 10.1 Å². The van der Waals surface area contributed by atoms with Crippen LogP contribution in [0, 0.1) is 0 Å². The number of methoxy groups -OCH3 is 1. The van der Waals surface area contributed by atoms with Crippen molar-refractivity contribution in [1.29, 1.82) is 0 Å². The van der Waals surface area contributed by atoms with Gasteiger partial charge in [-0.25, -0.2) is 8.42 Å². The number of rotatable bonds is 7. The first kappa shape index (κ1) is 18.0. The van der Waals surface area contributed by atoms with E-state index in [0.29, 0.717) is 6.61 Å². The Labute approximate surface area is 141 Å². The molecule has 7 heteroatoms. The van der Waals surface area contributed by atoms with Gasteiger partial charge in [-0.2, -0.15) is 0 Å². The number of anilines is 1. The Kier molecular flexibility index (Phi) is 5.94. The molecule has 0 aliphatic rings. The highest BCUT2D eigenvalue weighted by molar-refractivity contribution is 7.92. The van der Waals surface area contributed by atoms with Gasteiger partial charge in [0.15, 0.2) is 0 Å². The second-order valence-electron chi connectivity index (χ2n) is 5.29. The second kappa shape index (κ2) is 7.94. The summed E-state index contributed by atoms with van der Waals surface area (Å²) in [5.74, 6) is -0.370. The van der Waals surface area contributed by atoms with Crippen molar-refractivity contribution in [2.45, 2.75) is 17.9 Å². The van der Waals surface area contributed by atoms with Crippen LogP contribution in [-0.2, 0) is 14.8 Å². The Morgan fingerprint density at radius 1 is 1.08 bits per heavy atom. The highest BCUT2D eigenvalue weighted by atomic mass is 32.2. The highest BCUT2D eigenvalue weighted by Crippen LogP contribution is 2.20. The Morgan fingerprint density at radius 2 is 1.71 bits per heavy atom. The van der Waals surface area contributed by atoms with E-state index in [1.807, 2.05) is 0 Å². The number of benzene rings is 2. The smallest absolute Gasteiger partial charge is 0.261 e. The number of ether oxygens (including phenoxy) is 1. The van der Waals surface area contributed by atoms with Crippen molar-refractivity contribution in [3.05, 3.63) is 60.2 Å². The van der Waals surface area contributed by atoms with Crippen LogP contribution in [0.3, 0.4) is 0 Å². The van der Waals surface area contributed by atoms with Gasteiger partial charge >= 0.3 is 0 Å². The second-order valence-corrected chi connectivity index (χ2v) is 6.98. The van der Waals surface area contributed by atoms with E-state index >= 15 is 0 Å². The first-order valence-corrected chi connectivity index (χ1v) is 8.89. The monoisotopic (exact) mass is 348 g/mol. The third-order valence-corrected chi connectivity index (χ3v) is 4.65. The molecular weight excluding hydrogens is 328 g/mol. The molecule has 0 saturated carbocycles. The zero-order valence-corrected chi connectivity index (χ0v) is 14.3. The van der Waals surface area contributed by atoms with Crippen molar-refractivity contribution in [2.24, 2.45) is 0 Å². The number of para-hydroxylation sites is 1. The molecule has 2 rings (SSSR count). The molecule has 1 atom stereocenters. The predicted molar refractivity (Wildman–Crippen MR) is 92.5 cm³/mol. The summed E-state index contributed by atoms with van der Waals surface area (Å²) >= 11 is 0. The minimum atomic E-state index is -3.76. The molecule has 0 saturated heterocycles. The summed E-state index contributed by atoms with van der Waals surface area (Å²) in [5, 5.41) is 2.76. The number of sulfonamides is 1. The minimum Gasteiger partial charge on any atom is -0.383 e. The van der Waals surface area contributed by atoms with Crippen LogP contribution < -0.4 is 10.0 Å². The summed E-state index contributed by atoms with van der Waals surface area (Å²) in [5.41, 5.74) is 0.475. The SMILES string of the molecule is COC[C@@H](C)NC(=O)c1ccccc1NS(=O)(=O)c1ccccc1. The van der Waals surface area contributed by atoms with Crippen molar-refractivity contribution < 1.29 is 17.9 Å². The molecule has 0 spiro atoms. The number of hydrogen-bond acceptors (Lipinski definition) is 4. The molecule has 0 bridgehead atoms. The lowest BCUT2D eigenvalue weighted by atomic mass is 10.1. The fraction of sp³-hybridized carbons (Fsp3) is 0.235. The molecule has 24 heavy (non-hydrogen) atoms. The molecule has 2 N–H and O–H groups in total. The Bertz CT molecular complexity index is 791. The zero-order valence-electron chi connectivity index (χ0n) is 13.5. The molecule has 0 unspecified atom stereocenters. The van der Waals surface area contributed by atoms with Gasteiger partial charge in [0.05, 0.1) is 22.8 Å². The van der Waals surface area contributed by atoms with Gasteiger partial charge in [-0.3, -0.25) is 9.52 Å². The number of carbonyl (C=O) groups excluding carboxylic acids is 1. The number of nitrogens with one attached hydrogen (secondary N) is 2. The third kappa shape index (κ3) is 4.56. The van der Waals surface area contributed by atoms with Crippen LogP contribution in [0.1, 0.15) is 17.3 Å². The van der Waals surface area contributed by atoms with Gasteiger partial charge in [-0.1, -0.05) is 30.3 Å². The summed E-state index contributed by atoms with van der Waals surface area (Å²) in [6.45, 7) is 2.17. The molecule has 0 aliphatic carbocycles. The maximum absolute atomic E-state index is 12.4. The van der Waals surface area contributed by atoms with E-state index in [2.05, 4.69) is 10.0 Å². The molecule has 0 heterocycles. The van der Waals surface area contributed by atoms with E-state index in [1.54, 1.807) is 56.5 Å². The molecule has 0 aliphatic heterocycles. The largest absolute Gasteiger partial charge is 0.383 e. The molecule has 0 aromatic heterocycles. The topological polar surface area (TPSA) is 84.5 Å². The van der Waals surface area contributed by atoms with Gasteiger partial charge in [0.25, 0.3) is 15.9 Å². The summed E-state index contributed by atoms with van der Waals surface area (Å²) in [6, 6.07) is 14.3. The van der Waals surface area contributed by atoms with Gasteiger partial charge in [0, 0.05) is 13.2 Å². The lowest BCUT2D eigenvalue weighted by Gasteiger charge is -2.16. The number of amides is 1. The first-order chi connectivity index (χ1) is 11.4. The van der Waals surface area contributed by atoms with Crippen LogP contribution in [0.5, 0.6) is 0 Å². The predicted octanol–water partition coefficient (Wildman–Crippen LogP) is 2.25. The zero-order chi connectivity index (χ0) is 17.6. The molecule has 6 nitrogen and oxygen atoms in total. The third-order valence-electron chi connectivity index (χ3n) is 3.26. The quantitative estimate of drug-likeness (QED) is 0.804. The van der Waals surface area contributed by atoms with Crippen molar-refractivity contribution >= 4 is 21.6 Å².